The lowest BCUT2D eigenvalue weighted by atomic mass is 10.3. The molecule has 0 atom stereocenters. The number of nitrogens with zero attached hydrogens (tertiary/aromatic N) is 2. The lowest BCUT2D eigenvalue weighted by molar-refractivity contribution is -0.708. The van der Waals surface area contributed by atoms with Gasteiger partial charge in [-0.2, -0.15) is 4.57 Å². The monoisotopic (exact) mass is 420 g/mol. The van der Waals surface area contributed by atoms with E-state index in [0.717, 1.165) is 9.86 Å². The highest BCUT2D eigenvalue weighted by molar-refractivity contribution is 8.02. The quantitative estimate of drug-likeness (QED) is 0.454. The average molecular weight is 420 g/mol. The number of aryl methyl sites for hydroxylation is 1. The van der Waals surface area contributed by atoms with Crippen LogP contribution in [0.4, 0.5) is 0 Å². The van der Waals surface area contributed by atoms with Crippen LogP contribution in [0, 0.1) is 13.8 Å². The Labute approximate surface area is 141 Å². The van der Waals surface area contributed by atoms with Crippen LogP contribution in [0.3, 0.4) is 0 Å². The minimum absolute atomic E-state index is 0. The molecule has 0 aliphatic rings. The fraction of sp³-hybridized carbons (Fsp3) is 0.231. The molecule has 0 N–H and O–H groups in total. The zero-order chi connectivity index (χ0) is 12.7. The van der Waals surface area contributed by atoms with Crippen LogP contribution in [0.2, 0.25) is 0 Å². The van der Waals surface area contributed by atoms with Crippen molar-refractivity contribution in [2.45, 2.75) is 22.5 Å². The van der Waals surface area contributed by atoms with E-state index in [1.165, 1.54) is 19.6 Å². The summed E-state index contributed by atoms with van der Waals surface area (Å²) >= 11 is 5.36. The van der Waals surface area contributed by atoms with Gasteiger partial charge in [-0.25, -0.2) is 4.98 Å². The van der Waals surface area contributed by atoms with Gasteiger partial charge in [0.2, 0.25) is 0 Å². The molecule has 6 heteroatoms. The van der Waals surface area contributed by atoms with Crippen molar-refractivity contribution >= 4 is 44.7 Å². The molecule has 0 spiro atoms. The zero-order valence-electron chi connectivity index (χ0n) is 10.8. The second-order valence-corrected chi connectivity index (χ2v) is 7.85. The smallest absolute Gasteiger partial charge is 0.304 e. The van der Waals surface area contributed by atoms with Gasteiger partial charge in [-0.3, -0.25) is 0 Å². The van der Waals surface area contributed by atoms with Crippen LogP contribution in [0.15, 0.2) is 32.9 Å². The Morgan fingerprint density at radius 1 is 1.16 bits per heavy atom. The molecule has 0 saturated carbocycles. The molecule has 0 aliphatic carbocycles. The second kappa shape index (κ2) is 6.07. The van der Waals surface area contributed by atoms with Gasteiger partial charge in [-0.15, -0.1) is 11.3 Å². The summed E-state index contributed by atoms with van der Waals surface area (Å²) in [5.41, 5.74) is 2.43. The first kappa shape index (κ1) is 15.2. The third-order valence-electron chi connectivity index (χ3n) is 2.98. The number of fused-ring (bicyclic) bond motifs is 1. The fourth-order valence-corrected chi connectivity index (χ4v) is 5.40. The molecule has 2 nitrogen and oxygen atoms in total. The molecular weight excluding hydrogens is 407 g/mol. The molecule has 2 heterocycles. The standard InChI is InChI=1S/C13H13N2S3.HI/c1-8-9(2)16-13(15(8)3)18-12-14-10-6-4-5-7-11(10)17-12;/h4-7H,1-3H3;1H/q+1;/p-1. The van der Waals surface area contributed by atoms with E-state index in [4.69, 9.17) is 0 Å². The van der Waals surface area contributed by atoms with Gasteiger partial charge in [0, 0.05) is 18.7 Å². The van der Waals surface area contributed by atoms with Crippen molar-refractivity contribution in [1.29, 1.82) is 0 Å². The van der Waals surface area contributed by atoms with E-state index in [1.54, 1.807) is 23.1 Å². The number of hydrogen-bond acceptors (Lipinski definition) is 4. The minimum atomic E-state index is 0. The molecule has 3 aromatic rings. The molecule has 0 aliphatic heterocycles. The first-order chi connectivity index (χ1) is 8.65. The third kappa shape index (κ3) is 2.96. The van der Waals surface area contributed by atoms with E-state index in [-0.39, 0.29) is 24.0 Å². The molecule has 1 aromatic carbocycles. The number of thiazole rings is 2. The van der Waals surface area contributed by atoms with Crippen LogP contribution >= 0.6 is 34.4 Å². The van der Waals surface area contributed by atoms with E-state index < -0.39 is 0 Å². The third-order valence-corrected chi connectivity index (χ3v) is 6.57. The lowest BCUT2D eigenvalue weighted by Crippen LogP contribution is -3.00. The van der Waals surface area contributed by atoms with Crippen LogP contribution in [-0.2, 0) is 7.05 Å². The van der Waals surface area contributed by atoms with Crippen LogP contribution in [0.25, 0.3) is 10.2 Å². The van der Waals surface area contributed by atoms with Crippen molar-refractivity contribution < 1.29 is 28.5 Å². The first-order valence-electron chi connectivity index (χ1n) is 5.64. The molecular formula is C13H13IN2S3. The summed E-state index contributed by atoms with van der Waals surface area (Å²) in [6, 6.07) is 8.30. The molecule has 0 unspecified atom stereocenters. The molecule has 100 valence electrons. The van der Waals surface area contributed by atoms with E-state index in [0.29, 0.717) is 0 Å². The number of aromatic nitrogens is 2. The number of halogens is 1. The summed E-state index contributed by atoms with van der Waals surface area (Å²) in [5.74, 6) is 0. The summed E-state index contributed by atoms with van der Waals surface area (Å²) in [6.45, 7) is 4.33. The van der Waals surface area contributed by atoms with Crippen LogP contribution < -0.4 is 28.5 Å². The Balaban J connectivity index is 0.00000133. The number of rotatable bonds is 2. The van der Waals surface area contributed by atoms with Crippen molar-refractivity contribution in [2.24, 2.45) is 7.05 Å². The maximum atomic E-state index is 4.66. The van der Waals surface area contributed by atoms with E-state index >= 15 is 0 Å². The van der Waals surface area contributed by atoms with Crippen LogP contribution in [0.5, 0.6) is 0 Å². The van der Waals surface area contributed by atoms with Crippen LogP contribution in [0.1, 0.15) is 10.6 Å². The predicted molar refractivity (Wildman–Crippen MR) is 78.7 cm³/mol. The second-order valence-electron chi connectivity index (χ2n) is 4.12. The lowest BCUT2D eigenvalue weighted by Gasteiger charge is -1.89. The molecule has 0 amide bonds. The maximum Gasteiger partial charge on any atom is 0.304 e. The van der Waals surface area contributed by atoms with Gasteiger partial charge in [-0.05, 0) is 19.1 Å². The van der Waals surface area contributed by atoms with Gasteiger partial charge >= 0.3 is 4.34 Å². The van der Waals surface area contributed by atoms with Crippen molar-refractivity contribution in [2.75, 3.05) is 0 Å². The normalized spacial score (nSPS) is 10.7. The maximum absolute atomic E-state index is 4.66. The number of para-hydroxylation sites is 1. The van der Waals surface area contributed by atoms with Gasteiger partial charge in [0.25, 0.3) is 0 Å². The van der Waals surface area contributed by atoms with E-state index in [2.05, 4.69) is 48.6 Å². The molecule has 0 saturated heterocycles. The van der Waals surface area contributed by atoms with Crippen molar-refractivity contribution in [3.63, 3.8) is 0 Å². The Morgan fingerprint density at radius 3 is 2.53 bits per heavy atom. The van der Waals surface area contributed by atoms with E-state index in [1.807, 2.05) is 17.4 Å². The SMILES string of the molecule is Cc1sc(Sc2nc3ccccc3s2)[n+](C)c1C.[I-]. The largest absolute Gasteiger partial charge is 1.00 e. The summed E-state index contributed by atoms with van der Waals surface area (Å²) in [7, 11) is 2.12. The highest BCUT2D eigenvalue weighted by Gasteiger charge is 2.19. The molecule has 0 fully saturated rings. The highest BCUT2D eigenvalue weighted by Crippen LogP contribution is 2.35. The fourth-order valence-electron chi connectivity index (χ4n) is 1.71. The molecule has 3 rings (SSSR count). The van der Waals surface area contributed by atoms with Gasteiger partial charge < -0.3 is 24.0 Å². The summed E-state index contributed by atoms with van der Waals surface area (Å²) in [5, 5.41) is 0. The molecule has 2 aromatic heterocycles. The molecule has 0 radical (unpaired) electrons. The Morgan fingerprint density at radius 2 is 1.89 bits per heavy atom. The zero-order valence-corrected chi connectivity index (χ0v) is 15.4. The van der Waals surface area contributed by atoms with Gasteiger partial charge in [0.05, 0.1) is 15.1 Å². The predicted octanol–water partition coefficient (Wildman–Crippen LogP) is 0.954. The molecule has 19 heavy (non-hydrogen) atoms. The van der Waals surface area contributed by atoms with Crippen molar-refractivity contribution in [3.05, 3.63) is 34.8 Å². The highest BCUT2D eigenvalue weighted by atomic mass is 127. The summed E-state index contributed by atoms with van der Waals surface area (Å²) in [6.07, 6.45) is 0. The van der Waals surface area contributed by atoms with Gasteiger partial charge in [0.15, 0.2) is 10.0 Å². The molecule has 0 bridgehead atoms. The van der Waals surface area contributed by atoms with Crippen molar-refractivity contribution in [1.82, 2.24) is 4.98 Å². The van der Waals surface area contributed by atoms with Crippen LogP contribution in [-0.4, -0.2) is 4.98 Å². The topological polar surface area (TPSA) is 16.8 Å². The number of benzene rings is 1. The summed E-state index contributed by atoms with van der Waals surface area (Å²) < 4.78 is 5.92. The average Bonchev–Trinajstić information content (AvgIpc) is 2.87. The minimum Gasteiger partial charge on any atom is -1.00 e. The van der Waals surface area contributed by atoms with Crippen molar-refractivity contribution in [3.8, 4) is 0 Å². The summed E-state index contributed by atoms with van der Waals surface area (Å²) in [4.78, 5) is 6.04. The Kier molecular flexibility index (Phi) is 4.86. The van der Waals surface area contributed by atoms with Gasteiger partial charge in [-0.1, -0.05) is 23.5 Å². The number of hydrogen-bond donors (Lipinski definition) is 0. The Bertz CT molecular complexity index is 685. The van der Waals surface area contributed by atoms with E-state index in [9.17, 15) is 0 Å². The Hall–Kier alpha value is -0.180. The first-order valence-corrected chi connectivity index (χ1v) is 8.09. The van der Waals surface area contributed by atoms with Gasteiger partial charge in [0.1, 0.15) is 7.05 Å².